The molecule has 3 rings (SSSR count). The largest absolute Gasteiger partial charge is 0.497 e. The van der Waals surface area contributed by atoms with Gasteiger partial charge in [-0.1, -0.05) is 60.7 Å². The lowest BCUT2D eigenvalue weighted by Gasteiger charge is -2.17. The van der Waals surface area contributed by atoms with E-state index in [2.05, 4.69) is 10.6 Å². The first-order valence-electron chi connectivity index (χ1n) is 11.7. The molecule has 6 N–H and O–H groups in total. The number of rotatable bonds is 12. The van der Waals surface area contributed by atoms with Crippen molar-refractivity contribution in [1.82, 2.24) is 10.6 Å². The fourth-order valence-electron chi connectivity index (χ4n) is 3.72. The number of benzene rings is 3. The third-order valence-corrected chi connectivity index (χ3v) is 5.75. The molecule has 1 atom stereocenters. The predicted octanol–water partition coefficient (Wildman–Crippen LogP) is 2.51. The van der Waals surface area contributed by atoms with Gasteiger partial charge in [-0.3, -0.25) is 19.8 Å². The van der Waals surface area contributed by atoms with Crippen LogP contribution in [-0.4, -0.2) is 48.4 Å². The molecule has 3 aromatic carbocycles. The fraction of sp³-hybridized carbons (Fsp3) is 0.214. The van der Waals surface area contributed by atoms with E-state index in [9.17, 15) is 19.5 Å². The second-order valence-corrected chi connectivity index (χ2v) is 8.47. The Bertz CT molecular complexity index is 1240. The van der Waals surface area contributed by atoms with E-state index in [4.69, 9.17) is 15.9 Å². The number of nitrogens with two attached hydrogens (primary N) is 1. The summed E-state index contributed by atoms with van der Waals surface area (Å²) in [5.74, 6) is -1.45. The zero-order chi connectivity index (χ0) is 26.8. The zero-order valence-electron chi connectivity index (χ0n) is 20.5. The van der Waals surface area contributed by atoms with Crippen LogP contribution in [0.25, 0.3) is 11.1 Å². The standard InChI is InChI=1S/C28H30N4O5/c1-37-23-12-4-18(5-13-23)14-15-31-28(36)24(17-26(34)35)32-25(33)16-19-2-6-20(7-3-19)21-8-10-22(11-9-21)27(29)30/h2-13,24H,14-17H2,1H3,(H3,29,30)(H,31,36)(H,32,33)(H,34,35). The molecule has 37 heavy (non-hydrogen) atoms. The maximum atomic E-state index is 12.6. The molecule has 1 unspecified atom stereocenters. The molecule has 9 nitrogen and oxygen atoms in total. The van der Waals surface area contributed by atoms with Crippen molar-refractivity contribution < 1.29 is 24.2 Å². The minimum atomic E-state index is -1.18. The Morgan fingerprint density at radius 2 is 1.49 bits per heavy atom. The number of amidine groups is 1. The summed E-state index contributed by atoms with van der Waals surface area (Å²) in [7, 11) is 1.58. The van der Waals surface area contributed by atoms with Gasteiger partial charge in [0.15, 0.2) is 0 Å². The first-order valence-corrected chi connectivity index (χ1v) is 11.7. The summed E-state index contributed by atoms with van der Waals surface area (Å²) in [6, 6.07) is 20.8. The molecule has 0 aliphatic rings. The van der Waals surface area contributed by atoms with E-state index in [-0.39, 0.29) is 12.3 Å². The van der Waals surface area contributed by atoms with E-state index < -0.39 is 30.2 Å². The fourth-order valence-corrected chi connectivity index (χ4v) is 3.72. The number of hydrogen-bond donors (Lipinski definition) is 5. The molecule has 0 fully saturated rings. The van der Waals surface area contributed by atoms with Gasteiger partial charge in [0.1, 0.15) is 17.6 Å². The number of aliphatic carboxylic acids is 1. The summed E-state index contributed by atoms with van der Waals surface area (Å²) in [5, 5.41) is 21.9. The van der Waals surface area contributed by atoms with Gasteiger partial charge in [-0.05, 0) is 40.8 Å². The first kappa shape index (κ1) is 26.9. The topological polar surface area (TPSA) is 155 Å². The average Bonchev–Trinajstić information content (AvgIpc) is 2.89. The third-order valence-electron chi connectivity index (χ3n) is 5.75. The molecule has 3 aromatic rings. The molecule has 0 aliphatic heterocycles. The molecule has 0 aliphatic carbocycles. The van der Waals surface area contributed by atoms with E-state index >= 15 is 0 Å². The van der Waals surface area contributed by atoms with E-state index in [0.29, 0.717) is 18.5 Å². The van der Waals surface area contributed by atoms with Crippen LogP contribution in [0.2, 0.25) is 0 Å². The second-order valence-electron chi connectivity index (χ2n) is 8.47. The normalized spacial score (nSPS) is 11.3. The Balaban J connectivity index is 1.54. The molecule has 0 heterocycles. The SMILES string of the molecule is COc1ccc(CCNC(=O)C(CC(=O)O)NC(=O)Cc2ccc(-c3ccc(C(=N)N)cc3)cc2)cc1. The number of carboxylic acid groups (broad SMARTS) is 1. The predicted molar refractivity (Wildman–Crippen MR) is 140 cm³/mol. The highest BCUT2D eigenvalue weighted by atomic mass is 16.5. The third kappa shape index (κ3) is 8.21. The van der Waals surface area contributed by atoms with Crippen LogP contribution in [0.3, 0.4) is 0 Å². The molecule has 0 radical (unpaired) electrons. The monoisotopic (exact) mass is 502 g/mol. The van der Waals surface area contributed by atoms with Gasteiger partial charge in [0, 0.05) is 12.1 Å². The van der Waals surface area contributed by atoms with Crippen LogP contribution in [0.5, 0.6) is 5.75 Å². The molecule has 2 amide bonds. The smallest absolute Gasteiger partial charge is 0.305 e. The number of carboxylic acids is 1. The Labute approximate surface area is 215 Å². The molecule has 0 aromatic heterocycles. The van der Waals surface area contributed by atoms with Crippen molar-refractivity contribution in [2.24, 2.45) is 5.73 Å². The van der Waals surface area contributed by atoms with Crippen molar-refractivity contribution in [3.63, 3.8) is 0 Å². The summed E-state index contributed by atoms with van der Waals surface area (Å²) in [6.07, 6.45) is 0.0292. The lowest BCUT2D eigenvalue weighted by Crippen LogP contribution is -2.48. The first-order chi connectivity index (χ1) is 17.7. The minimum absolute atomic E-state index is 0.0000310. The van der Waals surface area contributed by atoms with Crippen molar-refractivity contribution in [3.8, 4) is 16.9 Å². The van der Waals surface area contributed by atoms with Crippen LogP contribution in [-0.2, 0) is 27.2 Å². The van der Waals surface area contributed by atoms with E-state index in [0.717, 1.165) is 28.0 Å². The highest BCUT2D eigenvalue weighted by Gasteiger charge is 2.23. The van der Waals surface area contributed by atoms with Gasteiger partial charge in [-0.25, -0.2) is 0 Å². The number of hydrogen-bond acceptors (Lipinski definition) is 5. The van der Waals surface area contributed by atoms with Crippen molar-refractivity contribution >= 4 is 23.6 Å². The Kier molecular flexibility index (Phi) is 9.37. The van der Waals surface area contributed by atoms with Crippen molar-refractivity contribution in [2.45, 2.75) is 25.3 Å². The number of carbonyl (C=O) groups is 3. The summed E-state index contributed by atoms with van der Waals surface area (Å²) in [6.45, 7) is 0.298. The van der Waals surface area contributed by atoms with Crippen LogP contribution < -0.4 is 21.1 Å². The van der Waals surface area contributed by atoms with Gasteiger partial charge < -0.3 is 26.2 Å². The van der Waals surface area contributed by atoms with Gasteiger partial charge in [0.05, 0.1) is 20.0 Å². The van der Waals surface area contributed by atoms with Gasteiger partial charge >= 0.3 is 5.97 Å². The Morgan fingerprint density at radius 3 is 2.03 bits per heavy atom. The van der Waals surface area contributed by atoms with Crippen LogP contribution in [0.1, 0.15) is 23.1 Å². The van der Waals surface area contributed by atoms with Gasteiger partial charge in [0.25, 0.3) is 0 Å². The second kappa shape index (κ2) is 12.9. The summed E-state index contributed by atoms with van der Waals surface area (Å²) >= 11 is 0. The lowest BCUT2D eigenvalue weighted by atomic mass is 10.0. The quantitative estimate of drug-likeness (QED) is 0.189. The van der Waals surface area contributed by atoms with E-state index in [1.54, 1.807) is 31.4 Å². The van der Waals surface area contributed by atoms with E-state index in [1.165, 1.54) is 0 Å². The zero-order valence-corrected chi connectivity index (χ0v) is 20.5. The van der Waals surface area contributed by atoms with Crippen LogP contribution in [0.15, 0.2) is 72.8 Å². The molecule has 0 spiro atoms. The van der Waals surface area contributed by atoms with Crippen molar-refractivity contribution in [3.05, 3.63) is 89.5 Å². The van der Waals surface area contributed by atoms with Gasteiger partial charge in [0.2, 0.25) is 11.8 Å². The maximum absolute atomic E-state index is 12.6. The number of amides is 2. The molecular weight excluding hydrogens is 472 g/mol. The number of methoxy groups -OCH3 is 1. The van der Waals surface area contributed by atoms with Crippen LogP contribution in [0.4, 0.5) is 0 Å². The van der Waals surface area contributed by atoms with Crippen molar-refractivity contribution in [1.29, 1.82) is 5.41 Å². The highest BCUT2D eigenvalue weighted by Crippen LogP contribution is 2.20. The Hall–Kier alpha value is -4.66. The number of nitrogen functional groups attached to an aromatic ring is 1. The molecular formula is C28H30N4O5. The summed E-state index contributed by atoms with van der Waals surface area (Å²) in [5.41, 5.74) is 9.70. The molecule has 9 heteroatoms. The maximum Gasteiger partial charge on any atom is 0.305 e. The summed E-state index contributed by atoms with van der Waals surface area (Å²) < 4.78 is 5.12. The molecule has 0 saturated heterocycles. The average molecular weight is 503 g/mol. The lowest BCUT2D eigenvalue weighted by molar-refractivity contribution is -0.140. The molecule has 0 bridgehead atoms. The van der Waals surface area contributed by atoms with Crippen LogP contribution in [0, 0.1) is 5.41 Å². The minimum Gasteiger partial charge on any atom is -0.497 e. The van der Waals surface area contributed by atoms with Crippen molar-refractivity contribution in [2.75, 3.05) is 13.7 Å². The summed E-state index contributed by atoms with van der Waals surface area (Å²) in [4.78, 5) is 36.5. The number of ether oxygens (including phenoxy) is 1. The van der Waals surface area contributed by atoms with Crippen LogP contribution >= 0.6 is 0 Å². The number of carbonyl (C=O) groups excluding carboxylic acids is 2. The Morgan fingerprint density at radius 1 is 0.919 bits per heavy atom. The van der Waals surface area contributed by atoms with Gasteiger partial charge in [-0.15, -0.1) is 0 Å². The van der Waals surface area contributed by atoms with E-state index in [1.807, 2.05) is 48.5 Å². The highest BCUT2D eigenvalue weighted by molar-refractivity contribution is 5.95. The molecule has 0 saturated carbocycles. The van der Waals surface area contributed by atoms with Gasteiger partial charge in [-0.2, -0.15) is 0 Å². The number of nitrogens with one attached hydrogen (secondary N) is 3. The molecule has 192 valence electrons.